The Morgan fingerprint density at radius 2 is 1.91 bits per heavy atom. The fourth-order valence-electron chi connectivity index (χ4n) is 2.01. The lowest BCUT2D eigenvalue weighted by Crippen LogP contribution is -2.30. The van der Waals surface area contributed by atoms with Gasteiger partial charge in [-0.1, -0.05) is 35.9 Å². The van der Waals surface area contributed by atoms with Crippen molar-refractivity contribution in [2.45, 2.75) is 26.1 Å². The molecule has 0 radical (unpaired) electrons. The highest BCUT2D eigenvalue weighted by Crippen LogP contribution is 2.23. The van der Waals surface area contributed by atoms with Crippen LogP contribution in [0.25, 0.3) is 0 Å². The van der Waals surface area contributed by atoms with E-state index in [9.17, 15) is 9.90 Å². The Morgan fingerprint density at radius 3 is 2.59 bits per heavy atom. The van der Waals surface area contributed by atoms with Crippen molar-refractivity contribution in [1.29, 1.82) is 0 Å². The van der Waals surface area contributed by atoms with Crippen LogP contribution in [-0.2, 0) is 4.79 Å². The standard InChI is InChI=1S/C17H18ClNO3/c1-11(20)15-8-3-4-9-16(15)19-17(21)12(2)22-14-7-5-6-13(18)10-14/h3-12,20H,1-2H3,(H,19,21). The first-order valence-corrected chi connectivity index (χ1v) is 7.35. The quantitative estimate of drug-likeness (QED) is 0.881. The minimum absolute atomic E-state index is 0.298. The molecule has 0 aliphatic heterocycles. The minimum Gasteiger partial charge on any atom is -0.481 e. The summed E-state index contributed by atoms with van der Waals surface area (Å²) >= 11 is 5.88. The van der Waals surface area contributed by atoms with Crippen molar-refractivity contribution < 1.29 is 14.6 Å². The van der Waals surface area contributed by atoms with Gasteiger partial charge < -0.3 is 15.2 Å². The molecule has 2 unspecified atom stereocenters. The second kappa shape index (κ2) is 7.29. The number of amides is 1. The van der Waals surface area contributed by atoms with Crippen LogP contribution in [0, 0.1) is 0 Å². The molecule has 1 amide bonds. The Hall–Kier alpha value is -2.04. The summed E-state index contributed by atoms with van der Waals surface area (Å²) in [7, 11) is 0. The van der Waals surface area contributed by atoms with Gasteiger partial charge in [-0.2, -0.15) is 0 Å². The monoisotopic (exact) mass is 319 g/mol. The average molecular weight is 320 g/mol. The molecule has 2 N–H and O–H groups in total. The first-order chi connectivity index (χ1) is 10.5. The molecule has 0 aromatic heterocycles. The fraction of sp³-hybridized carbons (Fsp3) is 0.235. The molecule has 0 spiro atoms. The third kappa shape index (κ3) is 4.23. The number of aliphatic hydroxyl groups is 1. The highest BCUT2D eigenvalue weighted by molar-refractivity contribution is 6.30. The van der Waals surface area contributed by atoms with E-state index < -0.39 is 12.2 Å². The predicted octanol–water partition coefficient (Wildman–Crippen LogP) is 3.80. The summed E-state index contributed by atoms with van der Waals surface area (Å²) in [5, 5.41) is 13.0. The number of para-hydroxylation sites is 1. The Labute approximate surface area is 134 Å². The van der Waals surface area contributed by atoms with Gasteiger partial charge in [0, 0.05) is 16.3 Å². The van der Waals surface area contributed by atoms with E-state index in [1.54, 1.807) is 56.3 Å². The van der Waals surface area contributed by atoms with Crippen molar-refractivity contribution in [2.24, 2.45) is 0 Å². The molecule has 0 saturated carbocycles. The molecular weight excluding hydrogens is 302 g/mol. The molecule has 2 aromatic carbocycles. The van der Waals surface area contributed by atoms with Gasteiger partial charge in [-0.15, -0.1) is 0 Å². The number of benzene rings is 2. The van der Waals surface area contributed by atoms with Crippen LogP contribution < -0.4 is 10.1 Å². The van der Waals surface area contributed by atoms with Gasteiger partial charge in [0.2, 0.25) is 0 Å². The molecule has 0 saturated heterocycles. The molecule has 2 atom stereocenters. The fourth-order valence-corrected chi connectivity index (χ4v) is 2.19. The average Bonchev–Trinajstić information content (AvgIpc) is 2.47. The summed E-state index contributed by atoms with van der Waals surface area (Å²) in [6, 6.07) is 14.0. The van der Waals surface area contributed by atoms with Crippen LogP contribution in [0.3, 0.4) is 0 Å². The summed E-state index contributed by atoms with van der Waals surface area (Å²) in [5.74, 6) is 0.229. The van der Waals surface area contributed by atoms with Crippen molar-refractivity contribution in [3.8, 4) is 5.75 Å². The van der Waals surface area contributed by atoms with E-state index in [0.717, 1.165) is 0 Å². The number of carbonyl (C=O) groups is 1. The largest absolute Gasteiger partial charge is 0.481 e. The topological polar surface area (TPSA) is 58.6 Å². The zero-order valence-corrected chi connectivity index (χ0v) is 13.2. The number of nitrogens with one attached hydrogen (secondary N) is 1. The summed E-state index contributed by atoms with van der Waals surface area (Å²) in [6.45, 7) is 3.30. The van der Waals surface area contributed by atoms with Gasteiger partial charge >= 0.3 is 0 Å². The number of hydrogen-bond donors (Lipinski definition) is 2. The first-order valence-electron chi connectivity index (χ1n) is 6.97. The van der Waals surface area contributed by atoms with Crippen molar-refractivity contribution in [3.63, 3.8) is 0 Å². The number of aliphatic hydroxyl groups excluding tert-OH is 1. The first kappa shape index (κ1) is 16.3. The number of halogens is 1. The van der Waals surface area contributed by atoms with Crippen molar-refractivity contribution in [1.82, 2.24) is 0 Å². The smallest absolute Gasteiger partial charge is 0.265 e. The maximum atomic E-state index is 12.2. The second-order valence-corrected chi connectivity index (χ2v) is 5.41. The Morgan fingerprint density at radius 1 is 1.18 bits per heavy atom. The van der Waals surface area contributed by atoms with Crippen LogP contribution in [0.2, 0.25) is 5.02 Å². The van der Waals surface area contributed by atoms with Crippen LogP contribution in [0.1, 0.15) is 25.5 Å². The molecule has 0 fully saturated rings. The van der Waals surface area contributed by atoms with E-state index in [1.165, 1.54) is 0 Å². The Bertz CT molecular complexity index is 658. The normalized spacial score (nSPS) is 13.3. The SMILES string of the molecule is CC(Oc1cccc(Cl)c1)C(=O)Nc1ccccc1C(C)O. The Balaban J connectivity index is 2.06. The van der Waals surface area contributed by atoms with Gasteiger partial charge in [-0.3, -0.25) is 4.79 Å². The molecule has 2 aromatic rings. The van der Waals surface area contributed by atoms with Gasteiger partial charge in [0.15, 0.2) is 6.10 Å². The van der Waals surface area contributed by atoms with Crippen molar-refractivity contribution in [3.05, 3.63) is 59.1 Å². The lowest BCUT2D eigenvalue weighted by Gasteiger charge is -2.17. The summed E-state index contributed by atoms with van der Waals surface area (Å²) < 4.78 is 5.57. The van der Waals surface area contributed by atoms with E-state index in [2.05, 4.69) is 5.32 Å². The maximum Gasteiger partial charge on any atom is 0.265 e. The molecule has 0 aliphatic rings. The van der Waals surface area contributed by atoms with E-state index in [0.29, 0.717) is 22.0 Å². The zero-order chi connectivity index (χ0) is 16.1. The maximum absolute atomic E-state index is 12.2. The van der Waals surface area contributed by atoms with Crippen molar-refractivity contribution in [2.75, 3.05) is 5.32 Å². The van der Waals surface area contributed by atoms with Crippen LogP contribution in [0.4, 0.5) is 5.69 Å². The Kier molecular flexibility index (Phi) is 5.41. The lowest BCUT2D eigenvalue weighted by molar-refractivity contribution is -0.122. The number of hydrogen-bond acceptors (Lipinski definition) is 3. The zero-order valence-electron chi connectivity index (χ0n) is 12.4. The second-order valence-electron chi connectivity index (χ2n) is 4.97. The number of ether oxygens (including phenoxy) is 1. The number of carbonyl (C=O) groups excluding carboxylic acids is 1. The number of rotatable bonds is 5. The van der Waals surface area contributed by atoms with E-state index in [4.69, 9.17) is 16.3 Å². The predicted molar refractivity (Wildman–Crippen MR) is 87.2 cm³/mol. The number of anilines is 1. The van der Waals surface area contributed by atoms with Gasteiger partial charge in [0.1, 0.15) is 5.75 Å². The van der Waals surface area contributed by atoms with Crippen LogP contribution in [-0.4, -0.2) is 17.1 Å². The van der Waals surface area contributed by atoms with Gasteiger partial charge in [0.25, 0.3) is 5.91 Å². The lowest BCUT2D eigenvalue weighted by atomic mass is 10.1. The summed E-state index contributed by atoms with van der Waals surface area (Å²) in [5.41, 5.74) is 1.23. The van der Waals surface area contributed by atoms with Crippen LogP contribution >= 0.6 is 11.6 Å². The van der Waals surface area contributed by atoms with Crippen molar-refractivity contribution >= 4 is 23.2 Å². The third-order valence-corrected chi connectivity index (χ3v) is 3.38. The molecular formula is C17H18ClNO3. The van der Waals surface area contributed by atoms with Gasteiger partial charge in [-0.05, 0) is 38.1 Å². The molecule has 0 bridgehead atoms. The van der Waals surface area contributed by atoms with E-state index in [-0.39, 0.29) is 5.91 Å². The molecule has 4 nitrogen and oxygen atoms in total. The highest BCUT2D eigenvalue weighted by atomic mass is 35.5. The molecule has 22 heavy (non-hydrogen) atoms. The van der Waals surface area contributed by atoms with E-state index in [1.807, 2.05) is 6.07 Å². The molecule has 2 rings (SSSR count). The van der Waals surface area contributed by atoms with Crippen LogP contribution in [0.5, 0.6) is 5.75 Å². The molecule has 0 heterocycles. The van der Waals surface area contributed by atoms with Gasteiger partial charge in [0.05, 0.1) is 6.10 Å². The summed E-state index contributed by atoms with van der Waals surface area (Å²) in [6.07, 6.45) is -1.36. The highest BCUT2D eigenvalue weighted by Gasteiger charge is 2.17. The molecule has 116 valence electrons. The van der Waals surface area contributed by atoms with E-state index >= 15 is 0 Å². The molecule has 0 aliphatic carbocycles. The van der Waals surface area contributed by atoms with Gasteiger partial charge in [-0.25, -0.2) is 0 Å². The minimum atomic E-state index is -0.694. The molecule has 5 heteroatoms. The van der Waals surface area contributed by atoms with Crippen LogP contribution in [0.15, 0.2) is 48.5 Å². The summed E-state index contributed by atoms with van der Waals surface area (Å²) in [4.78, 5) is 12.2. The third-order valence-electron chi connectivity index (χ3n) is 3.15.